The maximum absolute atomic E-state index is 11.9. The Kier molecular flexibility index (Phi) is 7.15. The third-order valence-corrected chi connectivity index (χ3v) is 3.05. The van der Waals surface area contributed by atoms with E-state index in [2.05, 4.69) is 42.4 Å². The van der Waals surface area contributed by atoms with E-state index in [9.17, 15) is 4.79 Å². The van der Waals surface area contributed by atoms with Crippen molar-refractivity contribution in [3.8, 4) is 0 Å². The Morgan fingerprint density at radius 2 is 1.95 bits per heavy atom. The summed E-state index contributed by atoms with van der Waals surface area (Å²) >= 11 is 0. The first-order valence-corrected chi connectivity index (χ1v) is 7.01. The van der Waals surface area contributed by atoms with Gasteiger partial charge in [-0.25, -0.2) is 0 Å². The Morgan fingerprint density at radius 3 is 2.58 bits per heavy atom. The molecule has 0 aliphatic rings. The lowest BCUT2D eigenvalue weighted by Gasteiger charge is -2.17. The molecule has 4 heteroatoms. The van der Waals surface area contributed by atoms with Crippen molar-refractivity contribution in [1.82, 2.24) is 10.2 Å². The van der Waals surface area contributed by atoms with Crippen LogP contribution in [0.4, 0.5) is 5.69 Å². The highest BCUT2D eigenvalue weighted by molar-refractivity contribution is 5.92. The van der Waals surface area contributed by atoms with Crippen LogP contribution in [0.25, 0.3) is 0 Å². The third kappa shape index (κ3) is 5.85. The molecule has 0 heterocycles. The minimum Gasteiger partial charge on any atom is -0.325 e. The van der Waals surface area contributed by atoms with Crippen molar-refractivity contribution >= 4 is 11.6 Å². The third-order valence-electron chi connectivity index (χ3n) is 3.05. The highest BCUT2D eigenvalue weighted by Crippen LogP contribution is 2.10. The molecule has 0 aliphatic carbocycles. The van der Waals surface area contributed by atoms with Crippen molar-refractivity contribution < 1.29 is 4.79 Å². The van der Waals surface area contributed by atoms with Crippen LogP contribution in [0.3, 0.4) is 0 Å². The van der Waals surface area contributed by atoms with Gasteiger partial charge in [-0.3, -0.25) is 9.69 Å². The van der Waals surface area contributed by atoms with E-state index >= 15 is 0 Å². The van der Waals surface area contributed by atoms with Crippen LogP contribution < -0.4 is 10.6 Å². The topological polar surface area (TPSA) is 44.4 Å². The smallest absolute Gasteiger partial charge is 0.238 e. The number of hydrogen-bond acceptors (Lipinski definition) is 3. The van der Waals surface area contributed by atoms with Crippen molar-refractivity contribution in [3.63, 3.8) is 0 Å². The van der Waals surface area contributed by atoms with Gasteiger partial charge in [-0.2, -0.15) is 0 Å². The van der Waals surface area contributed by atoms with Gasteiger partial charge in [0.1, 0.15) is 0 Å². The minimum atomic E-state index is 0.0456. The summed E-state index contributed by atoms with van der Waals surface area (Å²) in [6.45, 7) is 10.2. The number of benzene rings is 1. The molecule has 0 bridgehead atoms. The predicted octanol–water partition coefficient (Wildman–Crippen LogP) is 2.08. The van der Waals surface area contributed by atoms with Gasteiger partial charge in [0.05, 0.1) is 6.54 Å². The van der Waals surface area contributed by atoms with Crippen molar-refractivity contribution in [1.29, 1.82) is 0 Å². The Bertz CT molecular complexity index is 389. The van der Waals surface area contributed by atoms with Gasteiger partial charge in [-0.05, 0) is 37.3 Å². The highest BCUT2D eigenvalue weighted by atomic mass is 16.2. The molecule has 0 saturated heterocycles. The van der Waals surface area contributed by atoms with Gasteiger partial charge in [-0.1, -0.05) is 32.9 Å². The molecule has 1 amide bonds. The fourth-order valence-corrected chi connectivity index (χ4v) is 1.88. The van der Waals surface area contributed by atoms with Crippen molar-refractivity contribution in [2.45, 2.75) is 27.3 Å². The standard InChI is InChI=1S/C15H25N3O/c1-4-16-11-13-8-7-9-14(10-13)17-15(19)12-18(5-2)6-3/h7-10,16H,4-6,11-12H2,1-3H3,(H,17,19). The number of amides is 1. The van der Waals surface area contributed by atoms with Crippen molar-refractivity contribution in [2.75, 3.05) is 31.5 Å². The quantitative estimate of drug-likeness (QED) is 0.755. The van der Waals surface area contributed by atoms with E-state index in [1.165, 1.54) is 5.56 Å². The number of nitrogens with one attached hydrogen (secondary N) is 2. The van der Waals surface area contributed by atoms with E-state index in [0.29, 0.717) is 6.54 Å². The molecule has 0 fully saturated rings. The second-order valence-electron chi connectivity index (χ2n) is 4.49. The lowest BCUT2D eigenvalue weighted by atomic mass is 10.2. The van der Waals surface area contributed by atoms with Gasteiger partial charge in [0.25, 0.3) is 0 Å². The summed E-state index contributed by atoms with van der Waals surface area (Å²) in [6, 6.07) is 7.97. The zero-order chi connectivity index (χ0) is 14.1. The summed E-state index contributed by atoms with van der Waals surface area (Å²) in [4.78, 5) is 14.0. The maximum atomic E-state index is 11.9. The fraction of sp³-hybridized carbons (Fsp3) is 0.533. The second kappa shape index (κ2) is 8.67. The summed E-state index contributed by atoms with van der Waals surface area (Å²) < 4.78 is 0. The SMILES string of the molecule is CCNCc1cccc(NC(=O)CN(CC)CC)c1. The number of hydrogen-bond donors (Lipinski definition) is 2. The second-order valence-corrected chi connectivity index (χ2v) is 4.49. The van der Waals surface area contributed by atoms with Crippen molar-refractivity contribution in [2.24, 2.45) is 0 Å². The molecule has 0 radical (unpaired) electrons. The summed E-state index contributed by atoms with van der Waals surface area (Å²) in [7, 11) is 0. The molecule has 0 atom stereocenters. The average molecular weight is 263 g/mol. The first-order chi connectivity index (χ1) is 9.19. The molecule has 19 heavy (non-hydrogen) atoms. The Morgan fingerprint density at radius 1 is 1.21 bits per heavy atom. The Labute approximate surface area is 116 Å². The lowest BCUT2D eigenvalue weighted by molar-refractivity contribution is -0.117. The predicted molar refractivity (Wildman–Crippen MR) is 80.2 cm³/mol. The fourth-order valence-electron chi connectivity index (χ4n) is 1.88. The van der Waals surface area contributed by atoms with E-state index < -0.39 is 0 Å². The first kappa shape index (κ1) is 15.7. The van der Waals surface area contributed by atoms with Crippen LogP contribution in [0.2, 0.25) is 0 Å². The number of anilines is 1. The van der Waals surface area contributed by atoms with Gasteiger partial charge in [0, 0.05) is 12.2 Å². The van der Waals surface area contributed by atoms with Gasteiger partial charge >= 0.3 is 0 Å². The van der Waals surface area contributed by atoms with E-state index in [0.717, 1.165) is 31.9 Å². The molecule has 0 aliphatic heterocycles. The molecule has 1 rings (SSSR count). The van der Waals surface area contributed by atoms with Gasteiger partial charge in [0.2, 0.25) is 5.91 Å². The Balaban J connectivity index is 2.53. The van der Waals surface area contributed by atoms with E-state index in [1.807, 2.05) is 18.2 Å². The molecule has 0 spiro atoms. The summed E-state index contributed by atoms with van der Waals surface area (Å²) in [5.74, 6) is 0.0456. The molecule has 1 aromatic carbocycles. The van der Waals surface area contributed by atoms with Crippen molar-refractivity contribution in [3.05, 3.63) is 29.8 Å². The van der Waals surface area contributed by atoms with Crippen LogP contribution in [0.15, 0.2) is 24.3 Å². The highest BCUT2D eigenvalue weighted by Gasteiger charge is 2.07. The van der Waals surface area contributed by atoms with Crippen LogP contribution in [0.5, 0.6) is 0 Å². The Hall–Kier alpha value is -1.39. The summed E-state index contributed by atoms with van der Waals surface area (Å²) in [6.07, 6.45) is 0. The van der Waals surface area contributed by atoms with Crippen LogP contribution >= 0.6 is 0 Å². The molecular weight excluding hydrogens is 238 g/mol. The van der Waals surface area contributed by atoms with Crippen LogP contribution in [0, 0.1) is 0 Å². The van der Waals surface area contributed by atoms with E-state index in [-0.39, 0.29) is 5.91 Å². The van der Waals surface area contributed by atoms with Crippen LogP contribution in [-0.4, -0.2) is 37.0 Å². The average Bonchev–Trinajstić information content (AvgIpc) is 2.43. The molecular formula is C15H25N3O. The summed E-state index contributed by atoms with van der Waals surface area (Å²) in [5.41, 5.74) is 2.05. The number of carbonyl (C=O) groups is 1. The van der Waals surface area contributed by atoms with Gasteiger partial charge in [0.15, 0.2) is 0 Å². The largest absolute Gasteiger partial charge is 0.325 e. The minimum absolute atomic E-state index is 0.0456. The molecule has 2 N–H and O–H groups in total. The lowest BCUT2D eigenvalue weighted by Crippen LogP contribution is -2.32. The molecule has 0 aromatic heterocycles. The monoisotopic (exact) mass is 263 g/mol. The van der Waals surface area contributed by atoms with Crippen LogP contribution in [0.1, 0.15) is 26.3 Å². The normalized spacial score (nSPS) is 10.7. The zero-order valence-corrected chi connectivity index (χ0v) is 12.2. The molecule has 106 valence electrons. The van der Waals surface area contributed by atoms with Gasteiger partial charge < -0.3 is 10.6 Å². The molecule has 1 aromatic rings. The number of rotatable bonds is 8. The number of nitrogens with zero attached hydrogens (tertiary/aromatic N) is 1. The summed E-state index contributed by atoms with van der Waals surface area (Å²) in [5, 5.41) is 6.22. The zero-order valence-electron chi connectivity index (χ0n) is 12.2. The molecule has 4 nitrogen and oxygen atoms in total. The number of carbonyl (C=O) groups excluding carboxylic acids is 1. The van der Waals surface area contributed by atoms with Gasteiger partial charge in [-0.15, -0.1) is 0 Å². The molecule has 0 unspecified atom stereocenters. The first-order valence-electron chi connectivity index (χ1n) is 7.01. The van der Waals surface area contributed by atoms with E-state index in [1.54, 1.807) is 0 Å². The molecule has 0 saturated carbocycles. The van der Waals surface area contributed by atoms with E-state index in [4.69, 9.17) is 0 Å². The maximum Gasteiger partial charge on any atom is 0.238 e. The number of likely N-dealkylation sites (N-methyl/N-ethyl adjacent to an activating group) is 1. The van der Waals surface area contributed by atoms with Crippen LogP contribution in [-0.2, 0) is 11.3 Å².